The molecule has 2 fully saturated rings. The van der Waals surface area contributed by atoms with E-state index < -0.39 is 11.7 Å². The van der Waals surface area contributed by atoms with E-state index in [1.165, 1.54) is 12.1 Å². The van der Waals surface area contributed by atoms with Gasteiger partial charge in [0.15, 0.2) is 0 Å². The summed E-state index contributed by atoms with van der Waals surface area (Å²) in [6.45, 7) is 1.86. The summed E-state index contributed by atoms with van der Waals surface area (Å²) in [5, 5.41) is 2.60. The van der Waals surface area contributed by atoms with Crippen molar-refractivity contribution in [2.75, 3.05) is 32.6 Å². The highest BCUT2D eigenvalue weighted by Gasteiger charge is 2.39. The molecule has 1 saturated heterocycles. The first kappa shape index (κ1) is 19.6. The Morgan fingerprint density at radius 2 is 2.11 bits per heavy atom. The fourth-order valence-corrected chi connectivity index (χ4v) is 4.17. The van der Waals surface area contributed by atoms with Crippen LogP contribution >= 0.6 is 0 Å². The smallest absolute Gasteiger partial charge is 0.321 e. The van der Waals surface area contributed by atoms with Crippen LogP contribution in [0.2, 0.25) is 0 Å². The van der Waals surface area contributed by atoms with Crippen molar-refractivity contribution in [3.63, 3.8) is 0 Å². The molecule has 0 spiro atoms. The minimum Gasteiger partial charge on any atom is -0.380 e. The van der Waals surface area contributed by atoms with Crippen molar-refractivity contribution in [1.82, 2.24) is 9.80 Å². The molecule has 1 unspecified atom stereocenters. The summed E-state index contributed by atoms with van der Waals surface area (Å²) in [6.07, 6.45) is 4.28. The highest BCUT2D eigenvalue weighted by Crippen LogP contribution is 2.31. The van der Waals surface area contributed by atoms with E-state index >= 15 is 0 Å². The average molecular weight is 378 g/mol. The Kier molecular flexibility index (Phi) is 5.96. The summed E-state index contributed by atoms with van der Waals surface area (Å²) in [5.74, 6) is -1.39. The fourth-order valence-electron chi connectivity index (χ4n) is 4.17. The minimum absolute atomic E-state index is 0.0343. The van der Waals surface area contributed by atoms with Gasteiger partial charge in [-0.2, -0.15) is 0 Å². The topological polar surface area (TPSA) is 87.9 Å². The second-order valence-corrected chi connectivity index (χ2v) is 7.31. The molecule has 148 valence electrons. The van der Waals surface area contributed by atoms with Crippen LogP contribution in [0.4, 0.5) is 14.9 Å². The number of nitrogens with one attached hydrogen (secondary N) is 1. The van der Waals surface area contributed by atoms with Crippen LogP contribution in [0.5, 0.6) is 0 Å². The van der Waals surface area contributed by atoms with Gasteiger partial charge in [0.2, 0.25) is 5.91 Å². The van der Waals surface area contributed by atoms with E-state index in [0.29, 0.717) is 6.04 Å². The third-order valence-corrected chi connectivity index (χ3v) is 5.74. The summed E-state index contributed by atoms with van der Waals surface area (Å²) < 4.78 is 19.6. The van der Waals surface area contributed by atoms with Crippen LogP contribution in [0.1, 0.15) is 36.0 Å². The van der Waals surface area contributed by atoms with Gasteiger partial charge in [0.1, 0.15) is 5.82 Å². The summed E-state index contributed by atoms with van der Waals surface area (Å²) in [6, 6.07) is 3.80. The lowest BCUT2D eigenvalue weighted by molar-refractivity contribution is 0.0907. The van der Waals surface area contributed by atoms with E-state index in [2.05, 4.69) is 10.2 Å². The van der Waals surface area contributed by atoms with Crippen molar-refractivity contribution < 1.29 is 18.7 Å². The third kappa shape index (κ3) is 4.22. The monoisotopic (exact) mass is 378 g/mol. The molecule has 3 N–H and O–H groups in total. The first-order valence-electron chi connectivity index (χ1n) is 9.30. The van der Waals surface area contributed by atoms with Gasteiger partial charge >= 0.3 is 6.03 Å². The number of nitrogens with zero attached hydrogens (tertiary/aromatic N) is 2. The summed E-state index contributed by atoms with van der Waals surface area (Å²) >= 11 is 0. The van der Waals surface area contributed by atoms with Crippen molar-refractivity contribution in [3.8, 4) is 0 Å². The van der Waals surface area contributed by atoms with Crippen LogP contribution in [0.3, 0.4) is 0 Å². The number of carbonyl (C=O) groups excluding carboxylic acids is 2. The number of carbonyl (C=O) groups is 2. The maximum atomic E-state index is 14.2. The van der Waals surface area contributed by atoms with Crippen molar-refractivity contribution in [2.45, 2.75) is 43.9 Å². The SMILES string of the molecule is COC1CCN([C@@H]2CCC[C@@H]2N(C)C(=O)Nc2ccc(C(N)=O)cc2F)C1. The van der Waals surface area contributed by atoms with Crippen LogP contribution in [0.15, 0.2) is 18.2 Å². The number of rotatable bonds is 5. The quantitative estimate of drug-likeness (QED) is 0.821. The second kappa shape index (κ2) is 8.22. The molecule has 3 atom stereocenters. The van der Waals surface area contributed by atoms with Crippen LogP contribution in [0, 0.1) is 5.82 Å². The zero-order valence-corrected chi connectivity index (χ0v) is 15.8. The van der Waals surface area contributed by atoms with Crippen molar-refractivity contribution in [1.29, 1.82) is 0 Å². The molecule has 1 aliphatic heterocycles. The number of methoxy groups -OCH3 is 1. The molecule has 1 aromatic carbocycles. The Bertz CT molecular complexity index is 714. The van der Waals surface area contributed by atoms with Crippen LogP contribution in [0.25, 0.3) is 0 Å². The molecular formula is C19H27FN4O3. The van der Waals surface area contributed by atoms with Gasteiger partial charge in [-0.3, -0.25) is 9.69 Å². The number of hydrogen-bond donors (Lipinski definition) is 2. The third-order valence-electron chi connectivity index (χ3n) is 5.74. The van der Waals surface area contributed by atoms with Crippen molar-refractivity contribution >= 4 is 17.6 Å². The lowest BCUT2D eigenvalue weighted by Gasteiger charge is -2.35. The van der Waals surface area contributed by atoms with Crippen LogP contribution < -0.4 is 11.1 Å². The second-order valence-electron chi connectivity index (χ2n) is 7.31. The van der Waals surface area contributed by atoms with Gasteiger partial charge in [0.05, 0.1) is 11.8 Å². The summed E-state index contributed by atoms with van der Waals surface area (Å²) in [4.78, 5) is 27.9. The molecule has 2 aliphatic rings. The largest absolute Gasteiger partial charge is 0.380 e. The first-order chi connectivity index (χ1) is 12.9. The number of amides is 3. The highest BCUT2D eigenvalue weighted by molar-refractivity contribution is 5.94. The highest BCUT2D eigenvalue weighted by atomic mass is 19.1. The lowest BCUT2D eigenvalue weighted by atomic mass is 10.1. The number of urea groups is 1. The molecule has 0 bridgehead atoms. The average Bonchev–Trinajstić information content (AvgIpc) is 3.31. The van der Waals surface area contributed by atoms with Crippen molar-refractivity contribution in [2.24, 2.45) is 5.73 Å². The Balaban J connectivity index is 1.65. The van der Waals surface area contributed by atoms with Gasteiger partial charge in [-0.25, -0.2) is 9.18 Å². The number of anilines is 1. The number of likely N-dealkylation sites (tertiary alicyclic amines) is 1. The number of ether oxygens (including phenoxy) is 1. The number of likely N-dealkylation sites (N-methyl/N-ethyl adjacent to an activating group) is 1. The van der Waals surface area contributed by atoms with E-state index in [0.717, 1.165) is 44.8 Å². The fraction of sp³-hybridized carbons (Fsp3) is 0.579. The van der Waals surface area contributed by atoms with Crippen molar-refractivity contribution in [3.05, 3.63) is 29.6 Å². The first-order valence-corrected chi connectivity index (χ1v) is 9.30. The molecule has 27 heavy (non-hydrogen) atoms. The van der Waals surface area contributed by atoms with E-state index in [9.17, 15) is 14.0 Å². The maximum Gasteiger partial charge on any atom is 0.321 e. The number of nitrogens with two attached hydrogens (primary N) is 1. The van der Waals surface area contributed by atoms with E-state index in [-0.39, 0.29) is 29.4 Å². The number of benzene rings is 1. The van der Waals surface area contributed by atoms with E-state index in [4.69, 9.17) is 10.5 Å². The number of hydrogen-bond acceptors (Lipinski definition) is 4. The molecule has 8 heteroatoms. The zero-order valence-electron chi connectivity index (χ0n) is 15.8. The minimum atomic E-state index is -0.710. The zero-order chi connectivity index (χ0) is 19.6. The standard InChI is InChI=1S/C19H27FN4O3/c1-23(16-4-3-5-17(16)24-9-8-13(11-24)27-2)19(26)22-15-7-6-12(18(21)25)10-14(15)20/h6-7,10,13,16-17H,3-5,8-9,11H2,1-2H3,(H2,21,25)(H,22,26)/t13?,16-,17+/m0/s1. The van der Waals surface area contributed by atoms with Gasteiger partial charge in [-0.1, -0.05) is 0 Å². The van der Waals surface area contributed by atoms with Crippen LogP contribution in [-0.4, -0.2) is 67.2 Å². The molecule has 1 heterocycles. The molecule has 3 amide bonds. The molecule has 0 aromatic heterocycles. The molecule has 1 aromatic rings. The molecule has 0 radical (unpaired) electrons. The molecular weight excluding hydrogens is 351 g/mol. The van der Waals surface area contributed by atoms with Gasteiger partial charge in [-0.15, -0.1) is 0 Å². The molecule has 1 aliphatic carbocycles. The maximum absolute atomic E-state index is 14.2. The Hall–Kier alpha value is -2.19. The molecule has 1 saturated carbocycles. The van der Waals surface area contributed by atoms with E-state index in [1.54, 1.807) is 19.1 Å². The normalized spacial score (nSPS) is 25.5. The lowest BCUT2D eigenvalue weighted by Crippen LogP contribution is -2.50. The Morgan fingerprint density at radius 3 is 2.74 bits per heavy atom. The van der Waals surface area contributed by atoms with Gasteiger partial charge in [0, 0.05) is 44.9 Å². The summed E-state index contributed by atoms with van der Waals surface area (Å²) in [7, 11) is 3.48. The van der Waals surface area contributed by atoms with Gasteiger partial charge in [0.25, 0.3) is 0 Å². The predicted molar refractivity (Wildman–Crippen MR) is 100 cm³/mol. The van der Waals surface area contributed by atoms with Gasteiger partial charge in [-0.05, 0) is 43.9 Å². The predicted octanol–water partition coefficient (Wildman–Crippen LogP) is 2.03. The Morgan fingerprint density at radius 1 is 1.33 bits per heavy atom. The molecule has 7 nitrogen and oxygen atoms in total. The Labute approximate surface area is 158 Å². The van der Waals surface area contributed by atoms with Gasteiger partial charge < -0.3 is 20.7 Å². The van der Waals surface area contributed by atoms with Crippen LogP contribution in [-0.2, 0) is 4.74 Å². The number of primary amides is 1. The summed E-state index contributed by atoms with van der Waals surface area (Å²) in [5.41, 5.74) is 5.25. The number of halogens is 1. The molecule has 3 rings (SSSR count). The van der Waals surface area contributed by atoms with E-state index in [1.807, 2.05) is 0 Å².